The summed E-state index contributed by atoms with van der Waals surface area (Å²) in [6, 6.07) is 2.29. The largest absolute Gasteiger partial charge is 0.489 e. The third-order valence-corrected chi connectivity index (χ3v) is 3.54. The van der Waals surface area contributed by atoms with Gasteiger partial charge in [0.15, 0.2) is 5.78 Å². The van der Waals surface area contributed by atoms with Gasteiger partial charge in [-0.25, -0.2) is 0 Å². The minimum Gasteiger partial charge on any atom is -0.489 e. The number of ketones is 1. The summed E-state index contributed by atoms with van der Waals surface area (Å²) in [7, 11) is 0. The summed E-state index contributed by atoms with van der Waals surface area (Å²) in [5.74, 6) is 0.820. The number of pyridine rings is 1. The molecule has 4 nitrogen and oxygen atoms in total. The summed E-state index contributed by atoms with van der Waals surface area (Å²) in [5.41, 5.74) is 0.652. The van der Waals surface area contributed by atoms with Gasteiger partial charge < -0.3 is 10.1 Å². The molecule has 0 spiro atoms. The molecule has 1 aliphatic heterocycles. The number of hydrogen-bond acceptors (Lipinski definition) is 4. The fourth-order valence-electron chi connectivity index (χ4n) is 2.53. The van der Waals surface area contributed by atoms with Gasteiger partial charge in [0.05, 0.1) is 12.3 Å². The smallest absolute Gasteiger partial charge is 0.164 e. The summed E-state index contributed by atoms with van der Waals surface area (Å²) < 4.78 is 5.57. The molecule has 1 atom stereocenters. The van der Waals surface area contributed by atoms with Crippen molar-refractivity contribution in [1.29, 1.82) is 0 Å². The molecule has 20 heavy (non-hydrogen) atoms. The van der Waals surface area contributed by atoms with Crippen molar-refractivity contribution in [1.82, 2.24) is 10.3 Å². The van der Waals surface area contributed by atoms with E-state index in [-0.39, 0.29) is 11.9 Å². The van der Waals surface area contributed by atoms with E-state index in [1.165, 1.54) is 19.3 Å². The first kappa shape index (κ1) is 15.0. The van der Waals surface area contributed by atoms with Crippen molar-refractivity contribution < 1.29 is 9.53 Å². The van der Waals surface area contributed by atoms with Crippen molar-refractivity contribution in [3.63, 3.8) is 0 Å². The monoisotopic (exact) mass is 276 g/mol. The Morgan fingerprint density at radius 1 is 1.45 bits per heavy atom. The highest BCUT2D eigenvalue weighted by Gasteiger charge is 2.15. The molecular formula is C16H24N2O2. The van der Waals surface area contributed by atoms with E-state index in [9.17, 15) is 4.79 Å². The fraction of sp³-hybridized carbons (Fsp3) is 0.625. The molecule has 1 aromatic heterocycles. The maximum Gasteiger partial charge on any atom is 0.164 e. The third-order valence-electron chi connectivity index (χ3n) is 3.54. The van der Waals surface area contributed by atoms with E-state index in [1.807, 2.05) is 13.8 Å². The summed E-state index contributed by atoms with van der Waals surface area (Å²) in [6.45, 7) is 5.00. The van der Waals surface area contributed by atoms with Crippen molar-refractivity contribution in [3.05, 3.63) is 24.0 Å². The molecule has 0 aliphatic carbocycles. The number of nitrogens with zero attached hydrogens (tertiary/aromatic N) is 1. The summed E-state index contributed by atoms with van der Waals surface area (Å²) in [6.07, 6.45) is 8.56. The Morgan fingerprint density at radius 3 is 3.00 bits per heavy atom. The molecule has 2 rings (SSSR count). The van der Waals surface area contributed by atoms with Gasteiger partial charge in [-0.05, 0) is 45.7 Å². The molecule has 2 heterocycles. The lowest BCUT2D eigenvalue weighted by Gasteiger charge is -2.22. The van der Waals surface area contributed by atoms with Crippen LogP contribution in [0.4, 0.5) is 0 Å². The summed E-state index contributed by atoms with van der Waals surface area (Å²) in [5, 5.41) is 3.47. The number of ether oxygens (including phenoxy) is 1. The highest BCUT2D eigenvalue weighted by molar-refractivity contribution is 5.96. The Labute approximate surface area is 120 Å². The van der Waals surface area contributed by atoms with Crippen LogP contribution in [0.3, 0.4) is 0 Å². The van der Waals surface area contributed by atoms with Crippen molar-refractivity contribution in [2.75, 3.05) is 6.54 Å². The molecule has 4 heteroatoms. The number of carbonyl (C=O) groups is 1. The second kappa shape index (κ2) is 7.39. The molecule has 0 aromatic carbocycles. The van der Waals surface area contributed by atoms with Crippen LogP contribution in [0.25, 0.3) is 0 Å². The van der Waals surface area contributed by atoms with Gasteiger partial charge in [0, 0.05) is 24.2 Å². The van der Waals surface area contributed by atoms with E-state index in [0.29, 0.717) is 23.8 Å². The first-order valence-corrected chi connectivity index (χ1v) is 7.53. The van der Waals surface area contributed by atoms with E-state index in [4.69, 9.17) is 4.74 Å². The molecule has 1 unspecified atom stereocenters. The number of nitrogens with one attached hydrogen (secondary N) is 1. The molecule has 1 aliphatic rings. The molecule has 0 saturated carbocycles. The third kappa shape index (κ3) is 4.60. The van der Waals surface area contributed by atoms with Crippen LogP contribution in [-0.4, -0.2) is 29.5 Å². The molecule has 0 bridgehead atoms. The van der Waals surface area contributed by atoms with E-state index >= 15 is 0 Å². The highest BCUT2D eigenvalue weighted by Crippen LogP contribution is 2.17. The average molecular weight is 276 g/mol. The number of hydrogen-bond donors (Lipinski definition) is 1. The van der Waals surface area contributed by atoms with Crippen LogP contribution in [0.2, 0.25) is 0 Å². The Kier molecular flexibility index (Phi) is 5.53. The quantitative estimate of drug-likeness (QED) is 0.812. The zero-order chi connectivity index (χ0) is 14.4. The van der Waals surface area contributed by atoms with Gasteiger partial charge in [-0.15, -0.1) is 0 Å². The Hall–Kier alpha value is -1.42. The lowest BCUT2D eigenvalue weighted by atomic mass is 9.98. The minimum atomic E-state index is 0.0913. The van der Waals surface area contributed by atoms with Crippen LogP contribution in [0, 0.1) is 0 Å². The maximum absolute atomic E-state index is 12.2. The first-order chi connectivity index (χ1) is 9.65. The number of piperidine rings is 1. The molecule has 0 radical (unpaired) electrons. The van der Waals surface area contributed by atoms with Crippen molar-refractivity contribution in [3.8, 4) is 5.75 Å². The van der Waals surface area contributed by atoms with E-state index in [1.54, 1.807) is 18.5 Å². The van der Waals surface area contributed by atoms with Gasteiger partial charge in [0.25, 0.3) is 0 Å². The normalized spacial score (nSPS) is 19.1. The topological polar surface area (TPSA) is 51.2 Å². The highest BCUT2D eigenvalue weighted by atomic mass is 16.5. The van der Waals surface area contributed by atoms with Crippen molar-refractivity contribution in [2.45, 2.75) is 58.1 Å². The Bertz CT molecular complexity index is 440. The molecule has 110 valence electrons. The van der Waals surface area contributed by atoms with Gasteiger partial charge in [-0.3, -0.25) is 9.78 Å². The summed E-state index contributed by atoms with van der Waals surface area (Å²) in [4.78, 5) is 16.3. The number of carbonyl (C=O) groups excluding carboxylic acids is 1. The Balaban J connectivity index is 1.88. The first-order valence-electron chi connectivity index (χ1n) is 7.53. The molecular weight excluding hydrogens is 252 g/mol. The Morgan fingerprint density at radius 2 is 2.30 bits per heavy atom. The number of aromatic nitrogens is 1. The number of Topliss-reactive ketones (excluding diaryl/α,β-unsaturated/α-hetero) is 1. The van der Waals surface area contributed by atoms with Crippen LogP contribution in [0.5, 0.6) is 5.75 Å². The maximum atomic E-state index is 12.2. The van der Waals surface area contributed by atoms with Crippen LogP contribution in [0.1, 0.15) is 56.3 Å². The molecule has 0 amide bonds. The molecule has 1 saturated heterocycles. The van der Waals surface area contributed by atoms with E-state index in [0.717, 1.165) is 13.0 Å². The average Bonchev–Trinajstić information content (AvgIpc) is 2.45. The van der Waals surface area contributed by atoms with Crippen LogP contribution >= 0.6 is 0 Å². The van der Waals surface area contributed by atoms with Crippen LogP contribution in [0.15, 0.2) is 18.5 Å². The van der Waals surface area contributed by atoms with Gasteiger partial charge in [-0.2, -0.15) is 0 Å². The lowest BCUT2D eigenvalue weighted by molar-refractivity contribution is 0.0973. The SMILES string of the molecule is CC(C)Oc1cncc(C(=O)CCC2CCCCN2)c1. The zero-order valence-electron chi connectivity index (χ0n) is 12.4. The summed E-state index contributed by atoms with van der Waals surface area (Å²) >= 11 is 0. The van der Waals surface area contributed by atoms with Crippen molar-refractivity contribution in [2.24, 2.45) is 0 Å². The lowest BCUT2D eigenvalue weighted by Crippen LogP contribution is -2.34. The predicted octanol–water partition coefficient (Wildman–Crippen LogP) is 2.97. The van der Waals surface area contributed by atoms with Crippen molar-refractivity contribution >= 4 is 5.78 Å². The van der Waals surface area contributed by atoms with Crippen LogP contribution in [-0.2, 0) is 0 Å². The molecule has 1 fully saturated rings. The fourth-order valence-corrected chi connectivity index (χ4v) is 2.53. The molecule has 1 aromatic rings. The molecule has 1 N–H and O–H groups in total. The van der Waals surface area contributed by atoms with Crippen LogP contribution < -0.4 is 10.1 Å². The standard InChI is InChI=1S/C16H24N2O2/c1-12(2)20-15-9-13(10-17-11-15)16(19)7-6-14-5-3-4-8-18-14/h9-12,14,18H,3-8H2,1-2H3. The zero-order valence-corrected chi connectivity index (χ0v) is 12.4. The van der Waals surface area contributed by atoms with E-state index < -0.39 is 0 Å². The van der Waals surface area contributed by atoms with E-state index in [2.05, 4.69) is 10.3 Å². The number of rotatable bonds is 6. The van der Waals surface area contributed by atoms with Gasteiger partial charge in [0.1, 0.15) is 5.75 Å². The second-order valence-electron chi connectivity index (χ2n) is 5.68. The van der Waals surface area contributed by atoms with Gasteiger partial charge in [0.2, 0.25) is 0 Å². The van der Waals surface area contributed by atoms with Gasteiger partial charge >= 0.3 is 0 Å². The second-order valence-corrected chi connectivity index (χ2v) is 5.68. The predicted molar refractivity (Wildman–Crippen MR) is 79.2 cm³/mol. The minimum absolute atomic E-state index is 0.0913. The van der Waals surface area contributed by atoms with Gasteiger partial charge in [-0.1, -0.05) is 6.42 Å².